The zero-order chi connectivity index (χ0) is 60.0. The molecule has 0 aliphatic carbocycles. The maximum absolute atomic E-state index is 15.4. The third-order valence-corrected chi connectivity index (χ3v) is 13.9. The highest BCUT2D eigenvalue weighted by molar-refractivity contribution is 7.20. The lowest BCUT2D eigenvalue weighted by Crippen LogP contribution is -2.81. The summed E-state index contributed by atoms with van der Waals surface area (Å²) < 4.78 is 302. The van der Waals surface area contributed by atoms with Crippen LogP contribution in [0.3, 0.4) is 0 Å². The Morgan fingerprint density at radius 1 is 0.337 bits per heavy atom. The normalized spacial score (nSPS) is 11.8. The molecule has 25 heteroatoms. The molecule has 0 unspecified atom stereocenters. The second-order valence-corrected chi connectivity index (χ2v) is 18.3. The molecule has 1 heterocycles. The summed E-state index contributed by atoms with van der Waals surface area (Å²) in [5, 5.41) is 8.15. The standard InChI is InChI=1S/C34H22NO3.C24BF20/c36-29(23-8-2-1-3-9-23)21-35-20-19-22-7-4-5-12-27(22)33(35)34(37)38-30-18-16-26-14-13-24-10-6-11-25-15-17-28(30)32(26)31(24)25;26-5-1(6(27)14(35)21(42)13(5)34)25(2-7(28)15(36)22(43)16(37)8(2)29,3-9(30)17(38)23(44)18(39)10(3)31)4-11(32)19(40)24(45)20(41)12(4)33/h1-20H,21H2;/q+1;-1. The molecule has 420 valence electrons. The van der Waals surface area contributed by atoms with Crippen LogP contribution in [0, 0.1) is 116 Å². The van der Waals surface area contributed by atoms with Crippen LogP contribution < -0.4 is 31.2 Å². The number of ketones is 1. The van der Waals surface area contributed by atoms with Gasteiger partial charge in [-0.1, -0.05) is 91.0 Å². The van der Waals surface area contributed by atoms with Gasteiger partial charge in [0.05, 0.1) is 5.39 Å². The lowest BCUT2D eigenvalue weighted by Gasteiger charge is -2.44. The first-order chi connectivity index (χ1) is 39.4. The summed E-state index contributed by atoms with van der Waals surface area (Å²) in [6.45, 7) is 0.0256. The third-order valence-electron chi connectivity index (χ3n) is 13.9. The van der Waals surface area contributed by atoms with Crippen LogP contribution >= 0.6 is 0 Å². The third kappa shape index (κ3) is 8.69. The summed E-state index contributed by atoms with van der Waals surface area (Å²) in [5.74, 6) is -71.5. The SMILES string of the molecule is Fc1c(F)c(F)c([B-](c2c(F)c(F)c(F)c(F)c2F)(c2c(F)c(F)c(F)c(F)c2F)c2c(F)c(F)c(F)c(F)c2F)c(F)c1F.O=C(C[n+]1ccc2ccccc2c1C(=O)Oc1ccc2ccc3cccc4ccc1c2c34)c1ccccc1. The molecular weight excluding hydrogens is 1150 g/mol. The molecule has 83 heavy (non-hydrogen) atoms. The molecule has 0 saturated carbocycles. The molecule has 0 saturated heterocycles. The molecule has 0 N–H and O–H groups in total. The van der Waals surface area contributed by atoms with E-state index >= 15 is 35.1 Å². The van der Waals surface area contributed by atoms with Crippen LogP contribution in [0.2, 0.25) is 0 Å². The zero-order valence-corrected chi connectivity index (χ0v) is 40.6. The summed E-state index contributed by atoms with van der Waals surface area (Å²) in [6, 6.07) is 37.1. The van der Waals surface area contributed by atoms with E-state index in [9.17, 15) is 62.3 Å². The van der Waals surface area contributed by atoms with E-state index in [2.05, 4.69) is 36.4 Å². The molecule has 0 amide bonds. The van der Waals surface area contributed by atoms with Crippen molar-refractivity contribution in [2.24, 2.45) is 0 Å². The quantitative estimate of drug-likeness (QED) is 0.0167. The van der Waals surface area contributed by atoms with E-state index in [1.165, 1.54) is 0 Å². The average molecular weight is 1170 g/mol. The van der Waals surface area contributed by atoms with Crippen LogP contribution in [0.4, 0.5) is 87.8 Å². The Morgan fingerprint density at radius 3 is 1.12 bits per heavy atom. The maximum Gasteiger partial charge on any atom is 0.409 e. The van der Waals surface area contributed by atoms with Gasteiger partial charge in [-0.25, -0.2) is 92.6 Å². The highest BCUT2D eigenvalue weighted by Crippen LogP contribution is 2.39. The number of halogens is 20. The summed E-state index contributed by atoms with van der Waals surface area (Å²) >= 11 is 0. The first kappa shape index (κ1) is 56.7. The minimum Gasteiger partial charge on any atom is -0.418 e. The van der Waals surface area contributed by atoms with Crippen LogP contribution in [0.25, 0.3) is 43.1 Å². The van der Waals surface area contributed by atoms with Crippen molar-refractivity contribution in [3.63, 3.8) is 0 Å². The highest BCUT2D eigenvalue weighted by atomic mass is 19.2. The molecule has 1 aromatic heterocycles. The minimum absolute atomic E-state index is 0.0256. The first-order valence-electron chi connectivity index (χ1n) is 23.5. The van der Waals surface area contributed by atoms with E-state index in [4.69, 9.17) is 4.74 Å². The van der Waals surface area contributed by atoms with Crippen molar-refractivity contribution in [1.82, 2.24) is 0 Å². The van der Waals surface area contributed by atoms with Crippen molar-refractivity contribution in [3.05, 3.63) is 249 Å². The van der Waals surface area contributed by atoms with Gasteiger partial charge in [0.25, 0.3) is 5.69 Å². The molecule has 0 fully saturated rings. The van der Waals surface area contributed by atoms with Crippen molar-refractivity contribution < 1.29 is 107 Å². The number of pyridine rings is 1. The first-order valence-corrected chi connectivity index (χ1v) is 23.5. The number of rotatable bonds is 9. The number of aromatic nitrogens is 1. The fourth-order valence-electron chi connectivity index (χ4n) is 10.3. The molecule has 0 bridgehead atoms. The van der Waals surface area contributed by atoms with Crippen molar-refractivity contribution in [2.45, 2.75) is 6.54 Å². The van der Waals surface area contributed by atoms with E-state index < -0.39 is 150 Å². The van der Waals surface area contributed by atoms with Crippen molar-refractivity contribution >= 4 is 82.8 Å². The van der Waals surface area contributed by atoms with Crippen LogP contribution in [0.1, 0.15) is 20.8 Å². The Labute approximate surface area is 449 Å². The number of carbonyl (C=O) groups excluding carboxylic acids is 2. The van der Waals surface area contributed by atoms with Crippen molar-refractivity contribution in [3.8, 4) is 5.75 Å². The van der Waals surface area contributed by atoms with Crippen molar-refractivity contribution in [2.75, 3.05) is 0 Å². The van der Waals surface area contributed by atoms with Gasteiger partial charge in [0, 0.05) is 22.4 Å². The van der Waals surface area contributed by atoms with E-state index in [1.54, 1.807) is 22.9 Å². The van der Waals surface area contributed by atoms with Gasteiger partial charge in [-0.15, -0.1) is 21.9 Å². The maximum atomic E-state index is 15.4. The van der Waals surface area contributed by atoms with Crippen LogP contribution in [-0.4, -0.2) is 17.9 Å². The number of carbonyl (C=O) groups is 2. The monoisotopic (exact) mass is 1170 g/mol. The molecule has 11 aromatic rings. The molecule has 0 radical (unpaired) electrons. The Kier molecular flexibility index (Phi) is 14.4. The Hall–Kier alpha value is -9.55. The predicted molar refractivity (Wildman–Crippen MR) is 259 cm³/mol. The van der Waals surface area contributed by atoms with Crippen LogP contribution in [-0.2, 0) is 6.54 Å². The topological polar surface area (TPSA) is 47.2 Å². The number of benzene rings is 10. The zero-order valence-electron chi connectivity index (χ0n) is 40.6. The lowest BCUT2D eigenvalue weighted by molar-refractivity contribution is -0.684. The minimum atomic E-state index is -7.22. The number of hydrogen-bond acceptors (Lipinski definition) is 3. The van der Waals surface area contributed by atoms with E-state index in [0.29, 0.717) is 17.0 Å². The summed E-state index contributed by atoms with van der Waals surface area (Å²) in [7, 11) is 0. The summed E-state index contributed by atoms with van der Waals surface area (Å²) in [5.41, 5.74) is -13.4. The fraction of sp³-hybridized carbons (Fsp3) is 0.0172. The predicted octanol–water partition coefficient (Wildman–Crippen LogP) is 13.0. The molecule has 11 rings (SSSR count). The van der Waals surface area contributed by atoms with Gasteiger partial charge in [-0.3, -0.25) is 4.79 Å². The molecule has 4 nitrogen and oxygen atoms in total. The molecule has 0 aliphatic heterocycles. The molecular formula is C58H22BF20NO3. The van der Waals surface area contributed by atoms with Gasteiger partial charge in [-0.2, -0.15) is 4.57 Å². The van der Waals surface area contributed by atoms with E-state index in [1.807, 2.05) is 66.7 Å². The highest BCUT2D eigenvalue weighted by Gasteiger charge is 2.52. The van der Waals surface area contributed by atoms with Crippen LogP contribution in [0.15, 0.2) is 121 Å². The molecule has 10 aromatic carbocycles. The van der Waals surface area contributed by atoms with Crippen LogP contribution in [0.5, 0.6) is 5.75 Å². The second-order valence-electron chi connectivity index (χ2n) is 18.3. The number of hydrogen-bond donors (Lipinski definition) is 0. The molecule has 0 spiro atoms. The average Bonchev–Trinajstić information content (AvgIpc) is 0.918. The largest absolute Gasteiger partial charge is 0.418 e. The Balaban J connectivity index is 0.000000187. The Bertz CT molecular complexity index is 4170. The van der Waals surface area contributed by atoms with Crippen molar-refractivity contribution in [1.29, 1.82) is 0 Å². The Morgan fingerprint density at radius 2 is 0.687 bits per heavy atom. The van der Waals surface area contributed by atoms with E-state index in [-0.39, 0.29) is 12.3 Å². The van der Waals surface area contributed by atoms with Gasteiger partial charge in [-0.05, 0) is 45.1 Å². The summed E-state index contributed by atoms with van der Waals surface area (Å²) in [6.07, 6.45) is -5.44. The van der Waals surface area contributed by atoms with Gasteiger partial charge in [0.1, 0.15) is 58.4 Å². The van der Waals surface area contributed by atoms with E-state index in [0.717, 1.165) is 43.1 Å². The fourth-order valence-corrected chi connectivity index (χ4v) is 10.3. The lowest BCUT2D eigenvalue weighted by atomic mass is 9.12. The number of esters is 1. The second kappa shape index (κ2) is 21.1. The number of ether oxygens (including phenoxy) is 1. The van der Waals surface area contributed by atoms with Gasteiger partial charge in [0.2, 0.25) is 12.3 Å². The van der Waals surface area contributed by atoms with Gasteiger partial charge < -0.3 is 4.74 Å². The summed E-state index contributed by atoms with van der Waals surface area (Å²) in [4.78, 5) is 27.0. The van der Waals surface area contributed by atoms with Gasteiger partial charge in [0.15, 0.2) is 76.0 Å². The number of Topliss-reactive ketones (excluding diaryl/α,β-unsaturated/α-hetero) is 1. The smallest absolute Gasteiger partial charge is 0.409 e. The van der Waals surface area contributed by atoms with Gasteiger partial charge >= 0.3 is 5.97 Å². The molecule has 0 aliphatic rings. The number of nitrogens with zero attached hydrogens (tertiary/aromatic N) is 1. The number of fused-ring (bicyclic) bond motifs is 1. The molecule has 0 atom stereocenters.